The second kappa shape index (κ2) is 6.47. The van der Waals surface area contributed by atoms with Gasteiger partial charge in [0.1, 0.15) is 0 Å². The highest BCUT2D eigenvalue weighted by atomic mass is 19.4. The standard InChI is InChI=1S/C11H17BF3NO4/c1-4-9(17)19-12(20-10(18)6-16(2)3)8-5-7(8)11(13,14)15/h7-8H,4-6H2,1-3H3/t7-,8-/m1/s1. The van der Waals surface area contributed by atoms with Crippen LogP contribution in [0.25, 0.3) is 0 Å². The van der Waals surface area contributed by atoms with Gasteiger partial charge < -0.3 is 9.31 Å². The molecule has 1 saturated carbocycles. The number of rotatable bonds is 6. The van der Waals surface area contributed by atoms with E-state index in [-0.39, 0.29) is 19.4 Å². The van der Waals surface area contributed by atoms with E-state index in [1.54, 1.807) is 14.1 Å². The highest BCUT2D eigenvalue weighted by molar-refractivity contribution is 6.52. The second-order valence-corrected chi connectivity index (χ2v) is 4.99. The zero-order valence-corrected chi connectivity index (χ0v) is 11.6. The minimum absolute atomic E-state index is 0.00509. The van der Waals surface area contributed by atoms with Gasteiger partial charge in [0.2, 0.25) is 0 Å². The van der Waals surface area contributed by atoms with Gasteiger partial charge in [0.05, 0.1) is 12.5 Å². The fourth-order valence-corrected chi connectivity index (χ4v) is 1.73. The van der Waals surface area contributed by atoms with E-state index in [9.17, 15) is 22.8 Å². The molecule has 0 unspecified atom stereocenters. The number of carbonyl (C=O) groups excluding carboxylic acids is 2. The molecule has 0 aromatic heterocycles. The van der Waals surface area contributed by atoms with Crippen LogP contribution in [0.2, 0.25) is 5.82 Å². The summed E-state index contributed by atoms with van der Waals surface area (Å²) in [6.07, 6.45) is -4.55. The molecule has 0 bridgehead atoms. The predicted molar refractivity (Wildman–Crippen MR) is 64.7 cm³/mol. The van der Waals surface area contributed by atoms with E-state index in [1.165, 1.54) is 11.8 Å². The number of alkyl halides is 3. The van der Waals surface area contributed by atoms with Crippen LogP contribution in [-0.4, -0.2) is 50.8 Å². The van der Waals surface area contributed by atoms with Crippen LogP contribution in [0.15, 0.2) is 0 Å². The normalized spacial score (nSPS) is 21.6. The Morgan fingerprint density at radius 2 is 1.80 bits per heavy atom. The molecule has 0 heterocycles. The Hall–Kier alpha value is -1.25. The highest BCUT2D eigenvalue weighted by Crippen LogP contribution is 2.56. The average Bonchev–Trinajstić information content (AvgIpc) is 3.05. The van der Waals surface area contributed by atoms with E-state index in [0.29, 0.717) is 0 Å². The maximum absolute atomic E-state index is 12.5. The topological polar surface area (TPSA) is 55.8 Å². The second-order valence-electron chi connectivity index (χ2n) is 4.99. The molecule has 5 nitrogen and oxygen atoms in total. The Morgan fingerprint density at radius 1 is 1.25 bits per heavy atom. The fraction of sp³-hybridized carbons (Fsp3) is 0.818. The Morgan fingerprint density at radius 3 is 2.20 bits per heavy atom. The minimum atomic E-state index is -4.37. The Bertz CT molecular complexity index is 375. The summed E-state index contributed by atoms with van der Waals surface area (Å²) >= 11 is 0. The molecular weight excluding hydrogens is 278 g/mol. The summed E-state index contributed by atoms with van der Waals surface area (Å²) in [7, 11) is 1.77. The molecule has 0 N–H and O–H groups in total. The van der Waals surface area contributed by atoms with Crippen molar-refractivity contribution in [1.29, 1.82) is 0 Å². The van der Waals surface area contributed by atoms with Crippen molar-refractivity contribution in [2.45, 2.75) is 31.8 Å². The molecule has 0 aromatic carbocycles. The van der Waals surface area contributed by atoms with E-state index in [2.05, 4.69) is 0 Å². The van der Waals surface area contributed by atoms with Gasteiger partial charge in [0.25, 0.3) is 5.97 Å². The van der Waals surface area contributed by atoms with Crippen molar-refractivity contribution in [3.8, 4) is 0 Å². The molecule has 0 spiro atoms. The zero-order chi connectivity index (χ0) is 15.5. The van der Waals surface area contributed by atoms with Crippen molar-refractivity contribution in [2.24, 2.45) is 5.92 Å². The van der Waals surface area contributed by atoms with Gasteiger partial charge in [-0.3, -0.25) is 14.5 Å². The number of hydrogen-bond donors (Lipinski definition) is 0. The Balaban J connectivity index is 2.63. The third-order valence-corrected chi connectivity index (χ3v) is 2.84. The van der Waals surface area contributed by atoms with Crippen molar-refractivity contribution in [1.82, 2.24) is 4.90 Å². The van der Waals surface area contributed by atoms with Crippen LogP contribution in [0.3, 0.4) is 0 Å². The molecule has 9 heteroatoms. The smallest absolute Gasteiger partial charge is 0.499 e. The van der Waals surface area contributed by atoms with Crippen LogP contribution in [0, 0.1) is 5.92 Å². The first-order valence-electron chi connectivity index (χ1n) is 6.25. The van der Waals surface area contributed by atoms with Gasteiger partial charge >= 0.3 is 19.3 Å². The lowest BCUT2D eigenvalue weighted by Gasteiger charge is -2.16. The molecule has 1 fully saturated rings. The first-order valence-corrected chi connectivity index (χ1v) is 6.25. The lowest BCUT2D eigenvalue weighted by atomic mass is 9.80. The van der Waals surface area contributed by atoms with Crippen LogP contribution >= 0.6 is 0 Å². The molecule has 0 radical (unpaired) electrons. The van der Waals surface area contributed by atoms with E-state index in [0.717, 1.165) is 0 Å². The highest BCUT2D eigenvalue weighted by Gasteiger charge is 2.64. The minimum Gasteiger partial charge on any atom is -0.499 e. The first kappa shape index (κ1) is 16.8. The van der Waals surface area contributed by atoms with Crippen LogP contribution in [0.4, 0.5) is 13.2 Å². The molecule has 1 aliphatic rings. The van der Waals surface area contributed by atoms with Crippen molar-refractivity contribution >= 4 is 19.1 Å². The number of hydrogen-bond acceptors (Lipinski definition) is 5. The van der Waals surface area contributed by atoms with Crippen molar-refractivity contribution < 1.29 is 32.1 Å². The zero-order valence-electron chi connectivity index (χ0n) is 11.6. The third kappa shape index (κ3) is 5.03. The van der Waals surface area contributed by atoms with E-state index in [4.69, 9.17) is 9.31 Å². The maximum atomic E-state index is 12.5. The molecule has 1 aliphatic carbocycles. The monoisotopic (exact) mass is 295 g/mol. The molecule has 0 saturated heterocycles. The van der Waals surface area contributed by atoms with E-state index in [1.807, 2.05) is 0 Å². The van der Waals surface area contributed by atoms with Gasteiger partial charge in [-0.25, -0.2) is 0 Å². The maximum Gasteiger partial charge on any atom is 0.602 e. The van der Waals surface area contributed by atoms with Crippen LogP contribution in [0.1, 0.15) is 19.8 Å². The van der Waals surface area contributed by atoms with Crippen molar-refractivity contribution in [2.75, 3.05) is 20.6 Å². The summed E-state index contributed by atoms with van der Waals surface area (Å²) in [4.78, 5) is 24.2. The summed E-state index contributed by atoms with van der Waals surface area (Å²) < 4.78 is 47.2. The van der Waals surface area contributed by atoms with Crippen LogP contribution in [-0.2, 0) is 18.9 Å². The molecule has 20 heavy (non-hydrogen) atoms. The molecule has 0 aromatic rings. The fourth-order valence-electron chi connectivity index (χ4n) is 1.73. The molecular formula is C11H17BF3NO4. The summed E-state index contributed by atoms with van der Waals surface area (Å²) in [5, 5.41) is 0. The summed E-state index contributed by atoms with van der Waals surface area (Å²) in [6.45, 7) is 1.42. The van der Waals surface area contributed by atoms with Crippen molar-refractivity contribution in [3.63, 3.8) is 0 Å². The lowest BCUT2D eigenvalue weighted by molar-refractivity contribution is -0.150. The van der Waals surface area contributed by atoms with Crippen LogP contribution < -0.4 is 0 Å². The largest absolute Gasteiger partial charge is 0.602 e. The van der Waals surface area contributed by atoms with Crippen molar-refractivity contribution in [3.05, 3.63) is 0 Å². The molecule has 114 valence electrons. The quantitative estimate of drug-likeness (QED) is 0.695. The van der Waals surface area contributed by atoms with E-state index < -0.39 is 37.0 Å². The molecule has 0 amide bonds. The van der Waals surface area contributed by atoms with E-state index >= 15 is 0 Å². The summed E-state index contributed by atoms with van der Waals surface area (Å²) in [5.41, 5.74) is 0. The number of likely N-dealkylation sites (N-methyl/N-ethyl adjacent to an activating group) is 1. The van der Waals surface area contributed by atoms with Gasteiger partial charge in [-0.1, -0.05) is 6.92 Å². The van der Waals surface area contributed by atoms with Gasteiger partial charge in [-0.15, -0.1) is 0 Å². The van der Waals surface area contributed by atoms with Gasteiger partial charge in [0, 0.05) is 12.2 Å². The van der Waals surface area contributed by atoms with Crippen LogP contribution in [0.5, 0.6) is 0 Å². The molecule has 1 rings (SSSR count). The third-order valence-electron chi connectivity index (χ3n) is 2.84. The SMILES string of the molecule is CCC(=O)OB(OC(=O)CN(C)C)[C@@H]1C[C@H]1C(F)(F)F. The van der Waals surface area contributed by atoms with Gasteiger partial charge in [0.15, 0.2) is 0 Å². The number of halogens is 3. The van der Waals surface area contributed by atoms with Gasteiger partial charge in [-0.2, -0.15) is 13.2 Å². The molecule has 2 atom stereocenters. The lowest BCUT2D eigenvalue weighted by Crippen LogP contribution is -2.35. The Labute approximate surface area is 115 Å². The average molecular weight is 295 g/mol. The van der Waals surface area contributed by atoms with Gasteiger partial charge in [-0.05, 0) is 20.5 Å². The Kier molecular flexibility index (Phi) is 5.44. The predicted octanol–water partition coefficient (Wildman–Crippen LogP) is 1.48. The number of nitrogens with zero attached hydrogens (tertiary/aromatic N) is 1. The first-order chi connectivity index (χ1) is 9.15. The number of carbonyl (C=O) groups is 2. The summed E-state index contributed by atoms with van der Waals surface area (Å²) in [5.74, 6) is -4.00. The molecule has 0 aliphatic heterocycles. The summed E-state index contributed by atoms with van der Waals surface area (Å²) in [6, 6.07) is 0.